The van der Waals surface area contributed by atoms with Gasteiger partial charge in [0.25, 0.3) is 0 Å². The van der Waals surface area contributed by atoms with Crippen molar-refractivity contribution in [3.63, 3.8) is 0 Å². The Labute approximate surface area is 239 Å². The van der Waals surface area contributed by atoms with Gasteiger partial charge in [0, 0.05) is 48.8 Å². The number of β-amino-alcohol motifs (C(OH)–C–C–N with tert-alkyl or cyclic N) is 1. The fourth-order valence-corrected chi connectivity index (χ4v) is 5.82. The van der Waals surface area contributed by atoms with Crippen LogP contribution in [-0.2, 0) is 6.54 Å². The summed E-state index contributed by atoms with van der Waals surface area (Å²) < 4.78 is 22.8. The van der Waals surface area contributed by atoms with E-state index in [1.165, 1.54) is 12.3 Å². The molecule has 2 aliphatic rings. The lowest BCUT2D eigenvalue weighted by atomic mass is 10.1. The van der Waals surface area contributed by atoms with Gasteiger partial charge < -0.3 is 24.6 Å². The van der Waals surface area contributed by atoms with E-state index in [0.717, 1.165) is 25.8 Å². The molecule has 8 nitrogen and oxygen atoms in total. The second-order valence-electron chi connectivity index (χ2n) is 9.76. The number of nitrogens with zero attached hydrogens (tertiary/aromatic N) is 3. The van der Waals surface area contributed by atoms with Gasteiger partial charge in [-0.15, -0.1) is 0 Å². The summed E-state index contributed by atoms with van der Waals surface area (Å²) in [5.74, 6) is -0.826. The number of benzene rings is 2. The molecule has 3 aromatic rings. The van der Waals surface area contributed by atoms with Crippen molar-refractivity contribution >= 4 is 57.5 Å². The van der Waals surface area contributed by atoms with Gasteiger partial charge in [-0.25, -0.2) is 9.18 Å². The number of hydrogen-bond donors (Lipinski definition) is 2. The van der Waals surface area contributed by atoms with Crippen LogP contribution < -0.4 is 20.4 Å². The minimum absolute atomic E-state index is 0.0518. The van der Waals surface area contributed by atoms with Gasteiger partial charge in [-0.3, -0.25) is 9.69 Å². The van der Waals surface area contributed by atoms with Crippen LogP contribution >= 0.6 is 34.8 Å². The number of rotatable bonds is 7. The first kappa shape index (κ1) is 28.0. The Kier molecular flexibility index (Phi) is 8.54. The van der Waals surface area contributed by atoms with Gasteiger partial charge in [-0.05, 0) is 49.6 Å². The Bertz CT molecular complexity index is 1460. The fourth-order valence-electron chi connectivity index (χ4n) is 4.94. The van der Waals surface area contributed by atoms with Crippen molar-refractivity contribution in [1.82, 2.24) is 14.8 Å². The molecule has 1 saturated heterocycles. The highest BCUT2D eigenvalue weighted by Crippen LogP contribution is 2.42. The average molecular weight is 598 g/mol. The predicted molar refractivity (Wildman–Crippen MR) is 151 cm³/mol. The molecular weight excluding hydrogens is 570 g/mol. The van der Waals surface area contributed by atoms with Crippen LogP contribution in [0.1, 0.15) is 30.9 Å². The molecule has 0 unspecified atom stereocenters. The molecule has 0 radical (unpaired) electrons. The summed E-state index contributed by atoms with van der Waals surface area (Å²) in [6.45, 7) is 3.28. The number of amides is 1. The summed E-state index contributed by atoms with van der Waals surface area (Å²) in [5, 5.41) is 12.9. The lowest BCUT2D eigenvalue weighted by molar-refractivity contribution is 0.199. The summed E-state index contributed by atoms with van der Waals surface area (Å²) in [5.41, 5.74) is 0.688. The molecule has 1 aromatic heterocycles. The Balaban J connectivity index is 1.44. The van der Waals surface area contributed by atoms with Gasteiger partial charge in [0.2, 0.25) is 5.43 Å². The van der Waals surface area contributed by atoms with Gasteiger partial charge in [-0.2, -0.15) is 0 Å². The van der Waals surface area contributed by atoms with Crippen LogP contribution in [0.15, 0.2) is 35.3 Å². The van der Waals surface area contributed by atoms with E-state index in [1.807, 2.05) is 9.47 Å². The van der Waals surface area contributed by atoms with Gasteiger partial charge >= 0.3 is 6.09 Å². The van der Waals surface area contributed by atoms with E-state index >= 15 is 4.39 Å². The minimum atomic E-state index is -0.847. The highest BCUT2D eigenvalue weighted by atomic mass is 35.5. The molecule has 2 heterocycles. The maximum absolute atomic E-state index is 15.6. The highest BCUT2D eigenvalue weighted by Gasteiger charge is 2.30. The summed E-state index contributed by atoms with van der Waals surface area (Å²) >= 11 is 18.9. The standard InChI is InChI=1S/C27H28Cl3FN4O4/c28-17-3-2-16(20(29)12-17)14-32-27(38)39-22-15-35(18-4-5-18)24-19(26(22)37)13-21(31)25(23(24)30)34-7-1-6-33(8-9-34)10-11-36/h2-3,12-13,15,18,36H,1,4-11,14H2,(H,32,38). The van der Waals surface area contributed by atoms with Crippen LogP contribution in [0, 0.1) is 5.82 Å². The van der Waals surface area contributed by atoms with Gasteiger partial charge in [0.1, 0.15) is 5.82 Å². The maximum atomic E-state index is 15.6. The first-order chi connectivity index (χ1) is 18.8. The maximum Gasteiger partial charge on any atom is 0.413 e. The minimum Gasteiger partial charge on any atom is -0.405 e. The smallest absolute Gasteiger partial charge is 0.405 e. The number of nitrogens with one attached hydrogen (secondary N) is 1. The average Bonchev–Trinajstić information content (AvgIpc) is 3.74. The van der Waals surface area contributed by atoms with E-state index < -0.39 is 17.3 Å². The van der Waals surface area contributed by atoms with Crippen LogP contribution in [0.4, 0.5) is 14.9 Å². The lowest BCUT2D eigenvalue weighted by Gasteiger charge is -2.26. The molecule has 208 valence electrons. The number of halogens is 4. The number of carbonyl (C=O) groups excluding carboxylic acids is 1. The second-order valence-corrected chi connectivity index (χ2v) is 11.0. The molecule has 1 saturated carbocycles. The quantitative estimate of drug-likeness (QED) is 0.388. The Morgan fingerprint density at radius 2 is 1.92 bits per heavy atom. The van der Waals surface area contributed by atoms with Gasteiger partial charge in [0.15, 0.2) is 5.75 Å². The van der Waals surface area contributed by atoms with E-state index in [4.69, 9.17) is 39.5 Å². The van der Waals surface area contributed by atoms with E-state index in [1.54, 1.807) is 18.2 Å². The molecule has 0 bridgehead atoms. The number of fused-ring (bicyclic) bond motifs is 1. The largest absolute Gasteiger partial charge is 0.413 e. The van der Waals surface area contributed by atoms with Crippen molar-refractivity contribution in [3.05, 3.63) is 67.1 Å². The molecule has 1 amide bonds. The van der Waals surface area contributed by atoms with Gasteiger partial charge in [0.05, 0.1) is 34.4 Å². The summed E-state index contributed by atoms with van der Waals surface area (Å²) in [4.78, 5) is 30.0. The Morgan fingerprint density at radius 1 is 1.13 bits per heavy atom. The Hall–Kier alpha value is -2.56. The molecule has 2 N–H and O–H groups in total. The Morgan fingerprint density at radius 3 is 2.64 bits per heavy atom. The monoisotopic (exact) mass is 596 g/mol. The van der Waals surface area contributed by atoms with Crippen molar-refractivity contribution in [2.75, 3.05) is 44.2 Å². The number of carbonyl (C=O) groups is 1. The number of anilines is 1. The summed E-state index contributed by atoms with van der Waals surface area (Å²) in [6.07, 6.45) is 3.14. The van der Waals surface area contributed by atoms with Crippen molar-refractivity contribution in [3.8, 4) is 5.75 Å². The lowest BCUT2D eigenvalue weighted by Crippen LogP contribution is -2.33. The van der Waals surface area contributed by atoms with Crippen LogP contribution in [0.5, 0.6) is 5.75 Å². The first-order valence-corrected chi connectivity index (χ1v) is 13.9. The number of pyridine rings is 1. The molecule has 0 atom stereocenters. The van der Waals surface area contributed by atoms with Crippen molar-refractivity contribution in [2.45, 2.75) is 31.8 Å². The zero-order valence-corrected chi connectivity index (χ0v) is 23.3. The molecule has 1 aliphatic carbocycles. The highest BCUT2D eigenvalue weighted by molar-refractivity contribution is 6.38. The third-order valence-corrected chi connectivity index (χ3v) is 8.00. The van der Waals surface area contributed by atoms with Crippen LogP contribution in [0.3, 0.4) is 0 Å². The predicted octanol–water partition coefficient (Wildman–Crippen LogP) is 5.23. The van der Waals surface area contributed by atoms with E-state index in [-0.39, 0.29) is 41.0 Å². The normalized spacial score (nSPS) is 16.4. The first-order valence-electron chi connectivity index (χ1n) is 12.8. The van der Waals surface area contributed by atoms with Crippen molar-refractivity contribution in [1.29, 1.82) is 0 Å². The molecular formula is C27H28Cl3FN4O4. The molecule has 12 heteroatoms. The summed E-state index contributed by atoms with van der Waals surface area (Å²) in [7, 11) is 0. The van der Waals surface area contributed by atoms with E-state index in [0.29, 0.717) is 47.3 Å². The fraction of sp³-hybridized carbons (Fsp3) is 0.407. The van der Waals surface area contributed by atoms with Crippen molar-refractivity contribution in [2.24, 2.45) is 0 Å². The molecule has 0 spiro atoms. The van der Waals surface area contributed by atoms with E-state index in [2.05, 4.69) is 10.2 Å². The van der Waals surface area contributed by atoms with Gasteiger partial charge in [-0.1, -0.05) is 40.9 Å². The van der Waals surface area contributed by atoms with Crippen LogP contribution in [0.2, 0.25) is 15.1 Å². The molecule has 1 aliphatic heterocycles. The number of hydrogen-bond acceptors (Lipinski definition) is 6. The third kappa shape index (κ3) is 6.12. The number of aliphatic hydroxyl groups is 1. The number of aliphatic hydroxyl groups excluding tert-OH is 1. The summed E-state index contributed by atoms with van der Waals surface area (Å²) in [6, 6.07) is 6.14. The van der Waals surface area contributed by atoms with Crippen molar-refractivity contribution < 1.29 is 19.0 Å². The number of aromatic nitrogens is 1. The zero-order chi connectivity index (χ0) is 27.7. The second kappa shape index (κ2) is 11.9. The third-order valence-electron chi connectivity index (χ3n) is 7.05. The topological polar surface area (TPSA) is 87.0 Å². The molecule has 2 fully saturated rings. The molecule has 5 rings (SSSR count). The van der Waals surface area contributed by atoms with Crippen LogP contribution in [0.25, 0.3) is 10.9 Å². The zero-order valence-electron chi connectivity index (χ0n) is 21.1. The molecule has 2 aromatic carbocycles. The van der Waals surface area contributed by atoms with Crippen LogP contribution in [-0.4, -0.2) is 60.0 Å². The molecule has 39 heavy (non-hydrogen) atoms. The SMILES string of the molecule is O=C(NCc1ccc(Cl)cc1Cl)Oc1cn(C2CC2)c2c(Cl)c(N3CCCN(CCO)CC3)c(F)cc2c1=O. The van der Waals surface area contributed by atoms with E-state index in [9.17, 15) is 14.7 Å². The number of ether oxygens (including phenoxy) is 1.